The Labute approximate surface area is 148 Å². The van der Waals surface area contributed by atoms with Crippen LogP contribution in [0, 0.1) is 6.92 Å². The molecule has 3 rings (SSSR count). The third-order valence-corrected chi connectivity index (χ3v) is 3.76. The Morgan fingerprint density at radius 3 is 2.48 bits per heavy atom. The average Bonchev–Trinajstić information content (AvgIpc) is 2.63. The van der Waals surface area contributed by atoms with Crippen molar-refractivity contribution in [2.75, 3.05) is 23.9 Å². The minimum absolute atomic E-state index is 0.615. The molecule has 1 heterocycles. The Morgan fingerprint density at radius 2 is 1.72 bits per heavy atom. The zero-order valence-electron chi connectivity index (χ0n) is 14.7. The van der Waals surface area contributed by atoms with Crippen LogP contribution >= 0.6 is 0 Å². The highest BCUT2D eigenvalue weighted by Gasteiger charge is 2.10. The van der Waals surface area contributed by atoms with E-state index in [1.54, 1.807) is 0 Å². The van der Waals surface area contributed by atoms with Crippen molar-refractivity contribution in [1.29, 1.82) is 0 Å². The maximum atomic E-state index is 5.67. The third kappa shape index (κ3) is 4.07. The lowest BCUT2D eigenvalue weighted by Gasteiger charge is -2.20. The lowest BCUT2D eigenvalue weighted by Crippen LogP contribution is -2.13. The molecule has 5 nitrogen and oxygen atoms in total. The number of anilines is 4. The van der Waals surface area contributed by atoms with E-state index < -0.39 is 0 Å². The zero-order chi connectivity index (χ0) is 17.6. The second-order valence-electron chi connectivity index (χ2n) is 5.61. The first kappa shape index (κ1) is 16.8. The van der Waals surface area contributed by atoms with Gasteiger partial charge in [0.2, 0.25) is 0 Å². The largest absolute Gasteiger partial charge is 0.492 e. The molecule has 1 N–H and O–H groups in total. The highest BCUT2D eigenvalue weighted by Crippen LogP contribution is 2.29. The van der Waals surface area contributed by atoms with Crippen LogP contribution in [0.5, 0.6) is 5.75 Å². The molecule has 0 saturated carbocycles. The molecule has 0 unspecified atom stereocenters. The topological polar surface area (TPSA) is 50.3 Å². The van der Waals surface area contributed by atoms with Crippen LogP contribution in [0.3, 0.4) is 0 Å². The second-order valence-corrected chi connectivity index (χ2v) is 5.61. The van der Waals surface area contributed by atoms with E-state index in [0.29, 0.717) is 12.4 Å². The lowest BCUT2D eigenvalue weighted by molar-refractivity contribution is 0.342. The van der Waals surface area contributed by atoms with Crippen molar-refractivity contribution in [3.63, 3.8) is 0 Å². The van der Waals surface area contributed by atoms with Gasteiger partial charge in [0.15, 0.2) is 0 Å². The van der Waals surface area contributed by atoms with Crippen LogP contribution in [0.15, 0.2) is 60.7 Å². The van der Waals surface area contributed by atoms with Gasteiger partial charge >= 0.3 is 0 Å². The zero-order valence-corrected chi connectivity index (χ0v) is 14.7. The van der Waals surface area contributed by atoms with Crippen molar-refractivity contribution in [2.24, 2.45) is 0 Å². The van der Waals surface area contributed by atoms with Gasteiger partial charge in [0, 0.05) is 18.8 Å². The molecular formula is C20H22N4O. The number of ether oxygens (including phenoxy) is 1. The van der Waals surface area contributed by atoms with Gasteiger partial charge in [-0.3, -0.25) is 0 Å². The molecule has 0 radical (unpaired) electrons. The number of aromatic nitrogens is 2. The number of aryl methyl sites for hydroxylation is 1. The van der Waals surface area contributed by atoms with Gasteiger partial charge in [-0.25, -0.2) is 9.97 Å². The van der Waals surface area contributed by atoms with Gasteiger partial charge in [0.05, 0.1) is 12.3 Å². The maximum absolute atomic E-state index is 5.67. The van der Waals surface area contributed by atoms with Crippen molar-refractivity contribution >= 4 is 23.0 Å². The van der Waals surface area contributed by atoms with Gasteiger partial charge in [0.25, 0.3) is 0 Å². The summed E-state index contributed by atoms with van der Waals surface area (Å²) in [6.07, 6.45) is 0. The number of hydrogen-bond acceptors (Lipinski definition) is 5. The smallest absolute Gasteiger partial charge is 0.142 e. The Hall–Kier alpha value is -3.08. The highest BCUT2D eigenvalue weighted by molar-refractivity contribution is 5.68. The summed E-state index contributed by atoms with van der Waals surface area (Å²) in [5.74, 6) is 3.07. The van der Waals surface area contributed by atoms with Gasteiger partial charge in [-0.15, -0.1) is 0 Å². The molecule has 2 aromatic carbocycles. The van der Waals surface area contributed by atoms with Gasteiger partial charge in [0.1, 0.15) is 23.2 Å². The summed E-state index contributed by atoms with van der Waals surface area (Å²) in [5.41, 5.74) is 1.96. The minimum atomic E-state index is 0.615. The summed E-state index contributed by atoms with van der Waals surface area (Å²) in [6, 6.07) is 19.9. The van der Waals surface area contributed by atoms with Crippen LogP contribution in [0.1, 0.15) is 12.7 Å². The van der Waals surface area contributed by atoms with Gasteiger partial charge in [-0.1, -0.05) is 30.3 Å². The Bertz CT molecular complexity index is 836. The number of rotatable bonds is 6. The normalized spacial score (nSPS) is 10.4. The molecule has 0 spiro atoms. The molecule has 0 bridgehead atoms. The molecule has 5 heteroatoms. The van der Waals surface area contributed by atoms with Crippen LogP contribution in [0.2, 0.25) is 0 Å². The van der Waals surface area contributed by atoms with Gasteiger partial charge < -0.3 is 15.0 Å². The van der Waals surface area contributed by atoms with E-state index in [4.69, 9.17) is 4.74 Å². The molecular weight excluding hydrogens is 312 g/mol. The molecule has 0 fully saturated rings. The van der Waals surface area contributed by atoms with E-state index in [-0.39, 0.29) is 0 Å². The lowest BCUT2D eigenvalue weighted by atomic mass is 10.3. The molecule has 0 saturated heterocycles. The molecule has 0 amide bonds. The minimum Gasteiger partial charge on any atom is -0.492 e. The Kier molecular flexibility index (Phi) is 5.14. The average molecular weight is 334 g/mol. The number of nitrogens with one attached hydrogen (secondary N) is 1. The van der Waals surface area contributed by atoms with Crippen molar-refractivity contribution in [3.8, 4) is 5.75 Å². The van der Waals surface area contributed by atoms with E-state index in [0.717, 1.165) is 28.8 Å². The van der Waals surface area contributed by atoms with Crippen LogP contribution < -0.4 is 15.0 Å². The molecule has 0 aliphatic carbocycles. The van der Waals surface area contributed by atoms with E-state index in [1.807, 2.05) is 74.3 Å². The van der Waals surface area contributed by atoms with Gasteiger partial charge in [-0.05, 0) is 38.1 Å². The van der Waals surface area contributed by atoms with E-state index in [9.17, 15) is 0 Å². The monoisotopic (exact) mass is 334 g/mol. The summed E-state index contributed by atoms with van der Waals surface area (Å²) in [4.78, 5) is 11.1. The first-order chi connectivity index (χ1) is 12.2. The molecule has 0 aliphatic heterocycles. The van der Waals surface area contributed by atoms with Crippen molar-refractivity contribution in [3.05, 3.63) is 66.5 Å². The summed E-state index contributed by atoms with van der Waals surface area (Å²) in [6.45, 7) is 4.48. The number of benzene rings is 2. The fourth-order valence-corrected chi connectivity index (χ4v) is 2.56. The summed E-state index contributed by atoms with van der Waals surface area (Å²) < 4.78 is 5.67. The molecule has 3 aromatic rings. The first-order valence-electron chi connectivity index (χ1n) is 8.30. The Balaban J connectivity index is 1.90. The predicted molar refractivity (Wildman–Crippen MR) is 102 cm³/mol. The quantitative estimate of drug-likeness (QED) is 0.708. The number of hydrogen-bond donors (Lipinski definition) is 1. The standard InChI is InChI=1S/C20H22N4O/c1-4-25-18-13-9-8-12-17(18)23-19-14-20(22-15(2)21-19)24(3)16-10-6-5-7-11-16/h5-14H,4H2,1-3H3,(H,21,22,23). The van der Waals surface area contributed by atoms with Crippen LogP contribution in [0.4, 0.5) is 23.0 Å². The SMILES string of the molecule is CCOc1ccccc1Nc1cc(N(C)c2ccccc2)nc(C)n1. The highest BCUT2D eigenvalue weighted by atomic mass is 16.5. The van der Waals surface area contributed by atoms with Crippen LogP contribution in [-0.4, -0.2) is 23.6 Å². The molecule has 0 aliphatic rings. The van der Waals surface area contributed by atoms with E-state index >= 15 is 0 Å². The second kappa shape index (κ2) is 7.66. The molecule has 25 heavy (non-hydrogen) atoms. The number of nitrogens with zero attached hydrogens (tertiary/aromatic N) is 3. The third-order valence-electron chi connectivity index (χ3n) is 3.76. The fraction of sp³-hybridized carbons (Fsp3) is 0.200. The number of para-hydroxylation sites is 3. The van der Waals surface area contributed by atoms with Crippen LogP contribution in [-0.2, 0) is 0 Å². The summed E-state index contributed by atoms with van der Waals surface area (Å²) >= 11 is 0. The molecule has 0 atom stereocenters. The summed E-state index contributed by atoms with van der Waals surface area (Å²) in [5, 5.41) is 3.34. The van der Waals surface area contributed by atoms with E-state index in [2.05, 4.69) is 27.4 Å². The fourth-order valence-electron chi connectivity index (χ4n) is 2.56. The van der Waals surface area contributed by atoms with Crippen molar-refractivity contribution in [2.45, 2.75) is 13.8 Å². The molecule has 128 valence electrons. The van der Waals surface area contributed by atoms with Crippen molar-refractivity contribution in [1.82, 2.24) is 9.97 Å². The van der Waals surface area contributed by atoms with Gasteiger partial charge in [-0.2, -0.15) is 0 Å². The summed E-state index contributed by atoms with van der Waals surface area (Å²) in [7, 11) is 2.00. The van der Waals surface area contributed by atoms with Crippen LogP contribution in [0.25, 0.3) is 0 Å². The van der Waals surface area contributed by atoms with E-state index in [1.165, 1.54) is 0 Å². The van der Waals surface area contributed by atoms with Crippen molar-refractivity contribution < 1.29 is 4.74 Å². The maximum Gasteiger partial charge on any atom is 0.142 e. The molecule has 1 aromatic heterocycles. The predicted octanol–water partition coefficient (Wildman–Crippen LogP) is 4.70. The Morgan fingerprint density at radius 1 is 1.00 bits per heavy atom. The first-order valence-corrected chi connectivity index (χ1v) is 8.30.